The Kier molecular flexibility index (Phi) is 5.36. The lowest BCUT2D eigenvalue weighted by Gasteiger charge is -2.25. The second-order valence-electron chi connectivity index (χ2n) is 4.72. The third-order valence-corrected chi connectivity index (χ3v) is 5.83. The van der Waals surface area contributed by atoms with E-state index in [1.54, 1.807) is 12.1 Å². The van der Waals surface area contributed by atoms with E-state index in [1.165, 1.54) is 31.4 Å². The van der Waals surface area contributed by atoms with Gasteiger partial charge in [-0.15, -0.1) is 0 Å². The SMILES string of the molecule is CC(C(=O)O)N(Cc1ccco1)S(=O)(=O)c1ccc(Cl)c(Cl)c1. The molecular weight excluding hydrogens is 365 g/mol. The first-order chi connectivity index (χ1) is 10.7. The number of carboxylic acid groups (broad SMARTS) is 1. The van der Waals surface area contributed by atoms with Crippen LogP contribution in [0.3, 0.4) is 0 Å². The fraction of sp³-hybridized carbons (Fsp3) is 0.214. The van der Waals surface area contributed by atoms with Crippen LogP contribution >= 0.6 is 23.2 Å². The van der Waals surface area contributed by atoms with E-state index in [0.29, 0.717) is 5.76 Å². The molecule has 0 bridgehead atoms. The maximum absolute atomic E-state index is 12.8. The number of carboxylic acids is 1. The van der Waals surface area contributed by atoms with Crippen LogP contribution in [0.5, 0.6) is 0 Å². The summed E-state index contributed by atoms with van der Waals surface area (Å²) in [7, 11) is -4.11. The fourth-order valence-electron chi connectivity index (χ4n) is 1.88. The Balaban J connectivity index is 2.47. The van der Waals surface area contributed by atoms with Crippen molar-refractivity contribution >= 4 is 39.2 Å². The number of benzene rings is 1. The molecule has 1 aromatic heterocycles. The predicted octanol–water partition coefficient (Wildman–Crippen LogP) is 3.25. The van der Waals surface area contributed by atoms with Crippen LogP contribution in [0.2, 0.25) is 10.0 Å². The van der Waals surface area contributed by atoms with Crippen LogP contribution in [-0.2, 0) is 21.4 Å². The molecule has 2 rings (SSSR count). The molecule has 6 nitrogen and oxygen atoms in total. The molecule has 0 saturated carbocycles. The van der Waals surface area contributed by atoms with Crippen molar-refractivity contribution in [3.8, 4) is 0 Å². The molecule has 0 aliphatic heterocycles. The lowest BCUT2D eigenvalue weighted by atomic mass is 10.3. The van der Waals surface area contributed by atoms with Gasteiger partial charge in [0.2, 0.25) is 10.0 Å². The average molecular weight is 378 g/mol. The van der Waals surface area contributed by atoms with Gasteiger partial charge in [-0.05, 0) is 37.3 Å². The van der Waals surface area contributed by atoms with E-state index in [4.69, 9.17) is 27.6 Å². The van der Waals surface area contributed by atoms with E-state index in [1.807, 2.05) is 0 Å². The third kappa shape index (κ3) is 3.87. The molecule has 0 amide bonds. The highest BCUT2D eigenvalue weighted by Gasteiger charge is 2.34. The number of sulfonamides is 1. The Hall–Kier alpha value is -1.54. The molecule has 0 radical (unpaired) electrons. The Bertz CT molecular complexity index is 805. The van der Waals surface area contributed by atoms with Crippen molar-refractivity contribution in [3.63, 3.8) is 0 Å². The van der Waals surface area contributed by atoms with Gasteiger partial charge in [0.05, 0.1) is 27.7 Å². The van der Waals surface area contributed by atoms with E-state index < -0.39 is 22.0 Å². The van der Waals surface area contributed by atoms with Gasteiger partial charge in [0.25, 0.3) is 0 Å². The van der Waals surface area contributed by atoms with Gasteiger partial charge in [-0.3, -0.25) is 4.79 Å². The molecule has 0 aliphatic carbocycles. The monoisotopic (exact) mass is 377 g/mol. The lowest BCUT2D eigenvalue weighted by molar-refractivity contribution is -0.141. The minimum atomic E-state index is -4.11. The van der Waals surface area contributed by atoms with Crippen molar-refractivity contribution in [1.29, 1.82) is 0 Å². The highest BCUT2D eigenvalue weighted by atomic mass is 35.5. The van der Waals surface area contributed by atoms with Gasteiger partial charge in [-0.25, -0.2) is 8.42 Å². The van der Waals surface area contributed by atoms with E-state index in [-0.39, 0.29) is 21.5 Å². The average Bonchev–Trinajstić information content (AvgIpc) is 2.99. The van der Waals surface area contributed by atoms with Crippen molar-refractivity contribution < 1.29 is 22.7 Å². The summed E-state index contributed by atoms with van der Waals surface area (Å²) < 4.78 is 31.5. The summed E-state index contributed by atoms with van der Waals surface area (Å²) in [6.45, 7) is 1.06. The molecule has 23 heavy (non-hydrogen) atoms. The van der Waals surface area contributed by atoms with Crippen LogP contribution in [0.15, 0.2) is 45.9 Å². The van der Waals surface area contributed by atoms with Crippen LogP contribution in [0.4, 0.5) is 0 Å². The lowest BCUT2D eigenvalue weighted by Crippen LogP contribution is -2.42. The van der Waals surface area contributed by atoms with Crippen LogP contribution in [0.25, 0.3) is 0 Å². The Morgan fingerprint density at radius 1 is 1.30 bits per heavy atom. The summed E-state index contributed by atoms with van der Waals surface area (Å²) in [4.78, 5) is 11.1. The van der Waals surface area contributed by atoms with Crippen molar-refractivity contribution in [2.24, 2.45) is 0 Å². The summed E-state index contributed by atoms with van der Waals surface area (Å²) in [5.74, 6) is -0.957. The molecule has 1 N–H and O–H groups in total. The standard InChI is InChI=1S/C14H13Cl2NO5S/c1-9(14(18)19)17(8-10-3-2-6-22-10)23(20,21)11-4-5-12(15)13(16)7-11/h2-7,9H,8H2,1H3,(H,18,19). The van der Waals surface area contributed by atoms with Crippen molar-refractivity contribution in [3.05, 3.63) is 52.4 Å². The van der Waals surface area contributed by atoms with E-state index >= 15 is 0 Å². The normalized spacial score (nSPS) is 13.2. The summed E-state index contributed by atoms with van der Waals surface area (Å²) in [5, 5.41) is 9.47. The smallest absolute Gasteiger partial charge is 0.321 e. The Labute approximate surface area is 143 Å². The van der Waals surface area contributed by atoms with Crippen LogP contribution in [0.1, 0.15) is 12.7 Å². The van der Waals surface area contributed by atoms with Gasteiger partial charge >= 0.3 is 5.97 Å². The third-order valence-electron chi connectivity index (χ3n) is 3.18. The predicted molar refractivity (Wildman–Crippen MR) is 85.0 cm³/mol. The molecule has 124 valence electrons. The van der Waals surface area contributed by atoms with Crippen LogP contribution in [0, 0.1) is 0 Å². The second kappa shape index (κ2) is 6.92. The maximum Gasteiger partial charge on any atom is 0.321 e. The first-order valence-electron chi connectivity index (χ1n) is 6.45. The van der Waals surface area contributed by atoms with Crippen molar-refractivity contribution in [1.82, 2.24) is 4.31 Å². The van der Waals surface area contributed by atoms with E-state index in [9.17, 15) is 18.3 Å². The number of aliphatic carboxylic acids is 1. The first kappa shape index (κ1) is 17.8. The minimum absolute atomic E-state index is 0.0636. The van der Waals surface area contributed by atoms with Crippen molar-refractivity contribution in [2.45, 2.75) is 24.4 Å². The van der Waals surface area contributed by atoms with Crippen LogP contribution in [-0.4, -0.2) is 29.8 Å². The van der Waals surface area contributed by atoms with Gasteiger partial charge in [0, 0.05) is 0 Å². The van der Waals surface area contributed by atoms with Gasteiger partial charge in [-0.1, -0.05) is 23.2 Å². The zero-order chi connectivity index (χ0) is 17.2. The summed E-state index contributed by atoms with van der Waals surface area (Å²) in [5.41, 5.74) is 0. The summed E-state index contributed by atoms with van der Waals surface area (Å²) in [6, 6.07) is 5.65. The molecule has 9 heteroatoms. The zero-order valence-electron chi connectivity index (χ0n) is 11.9. The second-order valence-corrected chi connectivity index (χ2v) is 7.42. The maximum atomic E-state index is 12.8. The molecular formula is C14H13Cl2NO5S. The molecule has 1 aromatic carbocycles. The first-order valence-corrected chi connectivity index (χ1v) is 8.65. The summed E-state index contributed by atoms with van der Waals surface area (Å²) >= 11 is 11.6. The number of hydrogen-bond acceptors (Lipinski definition) is 4. The highest BCUT2D eigenvalue weighted by molar-refractivity contribution is 7.89. The number of furan rings is 1. The molecule has 1 heterocycles. The van der Waals surface area contributed by atoms with E-state index in [2.05, 4.69) is 0 Å². The van der Waals surface area contributed by atoms with Crippen molar-refractivity contribution in [2.75, 3.05) is 0 Å². The Morgan fingerprint density at radius 3 is 2.52 bits per heavy atom. The molecule has 2 aromatic rings. The number of hydrogen-bond donors (Lipinski definition) is 1. The van der Waals surface area contributed by atoms with Gasteiger partial charge in [0.1, 0.15) is 11.8 Å². The number of nitrogens with zero attached hydrogens (tertiary/aromatic N) is 1. The quantitative estimate of drug-likeness (QED) is 0.834. The zero-order valence-corrected chi connectivity index (χ0v) is 14.3. The topological polar surface area (TPSA) is 87.8 Å². The summed E-state index contributed by atoms with van der Waals surface area (Å²) in [6.07, 6.45) is 1.38. The molecule has 0 saturated heterocycles. The van der Waals surface area contributed by atoms with Gasteiger partial charge < -0.3 is 9.52 Å². The van der Waals surface area contributed by atoms with E-state index in [0.717, 1.165) is 4.31 Å². The largest absolute Gasteiger partial charge is 0.480 e. The highest BCUT2D eigenvalue weighted by Crippen LogP contribution is 2.28. The molecule has 1 atom stereocenters. The molecule has 0 aliphatic rings. The molecule has 0 fully saturated rings. The molecule has 0 spiro atoms. The fourth-order valence-corrected chi connectivity index (χ4v) is 3.83. The van der Waals surface area contributed by atoms with Crippen LogP contribution < -0.4 is 0 Å². The minimum Gasteiger partial charge on any atom is -0.480 e. The van der Waals surface area contributed by atoms with Gasteiger partial charge in [0.15, 0.2) is 0 Å². The molecule has 1 unspecified atom stereocenters. The Morgan fingerprint density at radius 2 is 2.00 bits per heavy atom. The van der Waals surface area contributed by atoms with Gasteiger partial charge in [-0.2, -0.15) is 4.31 Å². The number of halogens is 2. The number of rotatable bonds is 6. The number of carbonyl (C=O) groups is 1.